The average Bonchev–Trinajstić information content (AvgIpc) is 2.40. The molecule has 19 heavy (non-hydrogen) atoms. The fourth-order valence-corrected chi connectivity index (χ4v) is 2.62. The highest BCUT2D eigenvalue weighted by Crippen LogP contribution is 2.13. The fraction of sp³-hybridized carbons (Fsp3) is 0.125. The Hall–Kier alpha value is -1.87. The Kier molecular flexibility index (Phi) is 4.17. The van der Waals surface area contributed by atoms with E-state index in [1.807, 2.05) is 37.3 Å². The number of aryl methyl sites for hydroxylation is 1. The minimum absolute atomic E-state index is 0.304. The maximum Gasteiger partial charge on any atom is 0.200 e. The van der Waals surface area contributed by atoms with Gasteiger partial charge in [-0.25, -0.2) is 8.42 Å². The van der Waals surface area contributed by atoms with Gasteiger partial charge >= 0.3 is 0 Å². The van der Waals surface area contributed by atoms with Gasteiger partial charge in [0.15, 0.2) is 9.84 Å². The zero-order valence-corrected chi connectivity index (χ0v) is 11.5. The van der Waals surface area contributed by atoms with Crippen LogP contribution in [-0.4, -0.2) is 8.42 Å². The van der Waals surface area contributed by atoms with Gasteiger partial charge in [-0.3, -0.25) is 0 Å². The van der Waals surface area contributed by atoms with E-state index in [9.17, 15) is 8.42 Å². The van der Waals surface area contributed by atoms with Crippen molar-refractivity contribution in [2.45, 2.75) is 18.2 Å². The molecule has 2 nitrogen and oxygen atoms in total. The largest absolute Gasteiger partial charge is 0.219 e. The Balaban J connectivity index is 2.11. The van der Waals surface area contributed by atoms with E-state index in [2.05, 4.69) is 6.08 Å². The molecule has 97 valence electrons. The molecule has 2 aromatic carbocycles. The molecule has 0 saturated carbocycles. The van der Waals surface area contributed by atoms with Gasteiger partial charge in [-0.05, 0) is 37.1 Å². The van der Waals surface area contributed by atoms with Crippen molar-refractivity contribution in [1.82, 2.24) is 0 Å². The Bertz CT molecular complexity index is 654. The molecule has 0 spiro atoms. The predicted octanol–water partition coefficient (Wildman–Crippen LogP) is 3.33. The zero-order valence-electron chi connectivity index (χ0n) is 10.7. The summed E-state index contributed by atoms with van der Waals surface area (Å²) in [6.45, 7) is 1.92. The summed E-state index contributed by atoms with van der Waals surface area (Å²) in [4.78, 5) is 0.304. The molecule has 1 radical (unpaired) electrons. The molecule has 0 aliphatic rings. The van der Waals surface area contributed by atoms with Crippen molar-refractivity contribution in [3.8, 4) is 0 Å². The van der Waals surface area contributed by atoms with Crippen LogP contribution in [0.3, 0.4) is 0 Å². The van der Waals surface area contributed by atoms with Crippen LogP contribution in [0.5, 0.6) is 0 Å². The van der Waals surface area contributed by atoms with E-state index in [0.29, 0.717) is 11.3 Å². The Morgan fingerprint density at radius 1 is 1.00 bits per heavy atom. The van der Waals surface area contributed by atoms with Crippen molar-refractivity contribution in [3.63, 3.8) is 0 Å². The summed E-state index contributed by atoms with van der Waals surface area (Å²) in [5.74, 6) is 0. The average molecular weight is 271 g/mol. The molecule has 2 rings (SSSR count). The third-order valence-corrected chi connectivity index (χ3v) is 4.14. The van der Waals surface area contributed by atoms with Gasteiger partial charge in [-0.2, -0.15) is 0 Å². The highest BCUT2D eigenvalue weighted by atomic mass is 32.2. The van der Waals surface area contributed by atoms with Crippen LogP contribution in [0, 0.1) is 13.0 Å². The van der Waals surface area contributed by atoms with E-state index in [0.717, 1.165) is 16.5 Å². The highest BCUT2D eigenvalue weighted by Gasteiger charge is 2.09. The van der Waals surface area contributed by atoms with Crippen molar-refractivity contribution >= 4 is 9.84 Å². The third-order valence-electron chi connectivity index (χ3n) is 2.74. The van der Waals surface area contributed by atoms with Crippen LogP contribution in [0.4, 0.5) is 0 Å². The first-order valence-electron chi connectivity index (χ1n) is 6.00. The number of sulfone groups is 1. The van der Waals surface area contributed by atoms with Gasteiger partial charge < -0.3 is 0 Å². The van der Waals surface area contributed by atoms with E-state index in [1.165, 1.54) is 0 Å². The van der Waals surface area contributed by atoms with Crippen LogP contribution in [0.25, 0.3) is 0 Å². The first kappa shape index (κ1) is 13.6. The first-order valence-corrected chi connectivity index (χ1v) is 7.55. The van der Waals surface area contributed by atoms with Gasteiger partial charge in [0.25, 0.3) is 0 Å². The summed E-state index contributed by atoms with van der Waals surface area (Å²) in [5, 5.41) is 1.16. The quantitative estimate of drug-likeness (QED) is 0.854. The maximum absolute atomic E-state index is 12.0. The van der Waals surface area contributed by atoms with Gasteiger partial charge in [0.05, 0.1) is 4.90 Å². The third kappa shape index (κ3) is 3.80. The van der Waals surface area contributed by atoms with Crippen molar-refractivity contribution in [1.29, 1.82) is 0 Å². The van der Waals surface area contributed by atoms with Gasteiger partial charge in [-0.15, -0.1) is 0 Å². The Labute approximate surface area is 114 Å². The SMILES string of the molecule is Cc1ccc(S(=O)(=O)C=[C]Cc2ccccc2)cc1. The van der Waals surface area contributed by atoms with Gasteiger partial charge in [0.1, 0.15) is 0 Å². The Morgan fingerprint density at radius 2 is 1.63 bits per heavy atom. The van der Waals surface area contributed by atoms with Crippen LogP contribution in [0.2, 0.25) is 0 Å². The summed E-state index contributed by atoms with van der Waals surface area (Å²) in [6, 6.07) is 16.5. The number of allylic oxidation sites excluding steroid dienone is 1. The molecule has 0 N–H and O–H groups in total. The summed E-state index contributed by atoms with van der Waals surface area (Å²) in [7, 11) is -3.38. The normalized spacial score (nSPS) is 11.8. The maximum atomic E-state index is 12.0. The number of rotatable bonds is 4. The number of hydrogen-bond donors (Lipinski definition) is 0. The van der Waals surface area contributed by atoms with Crippen LogP contribution in [0.15, 0.2) is 64.9 Å². The second-order valence-corrected chi connectivity index (χ2v) is 6.14. The molecule has 2 aromatic rings. The number of hydrogen-bond acceptors (Lipinski definition) is 2. The van der Waals surface area contributed by atoms with E-state index < -0.39 is 9.84 Å². The predicted molar refractivity (Wildman–Crippen MR) is 76.3 cm³/mol. The number of benzene rings is 2. The Morgan fingerprint density at radius 3 is 2.26 bits per heavy atom. The molecule has 0 aliphatic carbocycles. The second kappa shape index (κ2) is 5.85. The van der Waals surface area contributed by atoms with Crippen molar-refractivity contribution < 1.29 is 8.42 Å². The van der Waals surface area contributed by atoms with E-state index in [1.54, 1.807) is 24.3 Å². The lowest BCUT2D eigenvalue weighted by molar-refractivity contribution is 0.604. The van der Waals surface area contributed by atoms with Crippen LogP contribution in [-0.2, 0) is 16.3 Å². The second-order valence-electron chi connectivity index (χ2n) is 4.34. The summed E-state index contributed by atoms with van der Waals surface area (Å²) in [6.07, 6.45) is 3.33. The van der Waals surface area contributed by atoms with Gasteiger partial charge in [0, 0.05) is 5.41 Å². The molecule has 0 bridgehead atoms. The lowest BCUT2D eigenvalue weighted by Crippen LogP contribution is -1.96. The molecule has 0 saturated heterocycles. The standard InChI is InChI=1S/C16H15O2S/c1-14-9-11-16(12-10-14)19(17,18)13-5-8-15-6-3-2-4-7-15/h2-4,6-7,9-13H,8H2,1H3. The molecule has 0 atom stereocenters. The molecular formula is C16H15O2S. The zero-order chi connectivity index (χ0) is 13.7. The van der Waals surface area contributed by atoms with E-state index >= 15 is 0 Å². The van der Waals surface area contributed by atoms with Gasteiger partial charge in [-0.1, -0.05) is 48.0 Å². The van der Waals surface area contributed by atoms with Crippen molar-refractivity contribution in [3.05, 3.63) is 77.2 Å². The summed E-state index contributed by atoms with van der Waals surface area (Å²) in [5.41, 5.74) is 2.08. The first-order chi connectivity index (χ1) is 9.08. The molecule has 0 amide bonds. The molecule has 0 aliphatic heterocycles. The smallest absolute Gasteiger partial charge is 0.200 e. The molecule has 0 fully saturated rings. The van der Waals surface area contributed by atoms with Crippen LogP contribution < -0.4 is 0 Å². The van der Waals surface area contributed by atoms with E-state index in [-0.39, 0.29) is 0 Å². The topological polar surface area (TPSA) is 34.1 Å². The molecule has 0 aromatic heterocycles. The van der Waals surface area contributed by atoms with Gasteiger partial charge in [0.2, 0.25) is 0 Å². The lowest BCUT2D eigenvalue weighted by atomic mass is 10.2. The lowest BCUT2D eigenvalue weighted by Gasteiger charge is -1.99. The molecule has 0 heterocycles. The van der Waals surface area contributed by atoms with E-state index in [4.69, 9.17) is 0 Å². The van der Waals surface area contributed by atoms with Crippen molar-refractivity contribution in [2.75, 3.05) is 0 Å². The molecule has 3 heteroatoms. The minimum atomic E-state index is -3.38. The molecule has 0 unspecified atom stereocenters. The molecular weight excluding hydrogens is 256 g/mol. The monoisotopic (exact) mass is 271 g/mol. The van der Waals surface area contributed by atoms with Crippen LogP contribution >= 0.6 is 0 Å². The van der Waals surface area contributed by atoms with Crippen LogP contribution in [0.1, 0.15) is 11.1 Å². The minimum Gasteiger partial charge on any atom is -0.219 e. The van der Waals surface area contributed by atoms with Crippen molar-refractivity contribution in [2.24, 2.45) is 0 Å². The fourth-order valence-electron chi connectivity index (χ4n) is 1.66. The summed E-state index contributed by atoms with van der Waals surface area (Å²) < 4.78 is 24.0. The summed E-state index contributed by atoms with van der Waals surface area (Å²) >= 11 is 0. The highest BCUT2D eigenvalue weighted by molar-refractivity contribution is 7.94.